The molecule has 4 amide bonds. The molecule has 9 N–H and O–H groups in total. The van der Waals surface area contributed by atoms with Gasteiger partial charge in [0.2, 0.25) is 23.6 Å². The van der Waals surface area contributed by atoms with Crippen molar-refractivity contribution in [1.29, 1.82) is 0 Å². The molecule has 4 atom stereocenters. The van der Waals surface area contributed by atoms with Crippen molar-refractivity contribution in [3.8, 4) is 0 Å². The van der Waals surface area contributed by atoms with Crippen LogP contribution >= 0.6 is 0 Å². The molecule has 238 valence electrons. The molecule has 0 saturated carbocycles. The van der Waals surface area contributed by atoms with Crippen LogP contribution in [0.2, 0.25) is 0 Å². The zero-order valence-corrected chi connectivity index (χ0v) is 25.3. The third-order valence-electron chi connectivity index (χ3n) is 7.65. The molecule has 13 nitrogen and oxygen atoms in total. The lowest BCUT2D eigenvalue weighted by atomic mass is 10.0. The van der Waals surface area contributed by atoms with Crippen LogP contribution in [0.15, 0.2) is 60.9 Å². The van der Waals surface area contributed by atoms with Crippen molar-refractivity contribution in [2.45, 2.75) is 57.8 Å². The lowest BCUT2D eigenvalue weighted by Gasteiger charge is -2.25. The topological polar surface area (TPSA) is 211 Å². The van der Waals surface area contributed by atoms with Gasteiger partial charge in [-0.15, -0.1) is 0 Å². The van der Waals surface area contributed by atoms with Crippen LogP contribution < -0.4 is 27.0 Å². The van der Waals surface area contributed by atoms with Crippen LogP contribution in [0, 0.1) is 5.92 Å². The number of carbonyl (C=O) groups excluding carboxylic acids is 4. The molecule has 0 radical (unpaired) electrons. The van der Waals surface area contributed by atoms with Gasteiger partial charge in [-0.1, -0.05) is 50.2 Å². The Morgan fingerprint density at radius 2 is 1.22 bits per heavy atom. The molecule has 2 heterocycles. The lowest BCUT2D eigenvalue weighted by molar-refractivity contribution is -0.142. The van der Waals surface area contributed by atoms with E-state index in [-0.39, 0.29) is 25.3 Å². The van der Waals surface area contributed by atoms with Crippen molar-refractivity contribution in [3.63, 3.8) is 0 Å². The summed E-state index contributed by atoms with van der Waals surface area (Å²) >= 11 is 0. The van der Waals surface area contributed by atoms with E-state index in [1.165, 1.54) is 6.92 Å². The number of nitrogens with one attached hydrogen (secondary N) is 6. The van der Waals surface area contributed by atoms with Crippen molar-refractivity contribution in [1.82, 2.24) is 31.2 Å². The van der Waals surface area contributed by atoms with Crippen molar-refractivity contribution >= 4 is 51.4 Å². The molecule has 0 aliphatic rings. The minimum atomic E-state index is -1.28. The molecule has 0 bridgehead atoms. The Morgan fingerprint density at radius 3 is 1.73 bits per heavy atom. The van der Waals surface area contributed by atoms with Gasteiger partial charge >= 0.3 is 5.97 Å². The maximum absolute atomic E-state index is 13.7. The highest BCUT2D eigenvalue weighted by molar-refractivity contribution is 5.96. The summed E-state index contributed by atoms with van der Waals surface area (Å²) in [6, 6.07) is 10.4. The number of H-pyrrole nitrogens is 2. The SMILES string of the molecule is CC(C)[C@H](NC(=O)CN)C(=O)N[C@@H](C)C(=O)N[C@@H](Cc1c[nH]c2ccccc12)C(=O)N[C@@H](Cc1c[nH]c2ccccc12)C(=O)O. The third-order valence-corrected chi connectivity index (χ3v) is 7.65. The fraction of sp³-hybridized carbons (Fsp3) is 0.344. The Kier molecular flexibility index (Phi) is 10.6. The molecule has 0 aliphatic heterocycles. The third kappa shape index (κ3) is 8.06. The van der Waals surface area contributed by atoms with Gasteiger partial charge in [-0.05, 0) is 36.1 Å². The van der Waals surface area contributed by atoms with E-state index in [0.717, 1.165) is 27.4 Å². The van der Waals surface area contributed by atoms with Gasteiger partial charge in [0.15, 0.2) is 0 Å². The van der Waals surface area contributed by atoms with Crippen LogP contribution in [0.25, 0.3) is 21.8 Å². The van der Waals surface area contributed by atoms with Crippen molar-refractivity contribution in [2.24, 2.45) is 11.7 Å². The average molecular weight is 618 g/mol. The number of aromatic nitrogens is 2. The minimum absolute atomic E-state index is 0.0103. The van der Waals surface area contributed by atoms with E-state index >= 15 is 0 Å². The van der Waals surface area contributed by atoms with E-state index in [1.807, 2.05) is 48.5 Å². The first kappa shape index (κ1) is 32.7. The number of amides is 4. The van der Waals surface area contributed by atoms with Gasteiger partial charge in [-0.25, -0.2) is 4.79 Å². The van der Waals surface area contributed by atoms with Crippen molar-refractivity contribution < 1.29 is 29.1 Å². The second kappa shape index (κ2) is 14.5. The van der Waals surface area contributed by atoms with Crippen LogP contribution in [0.1, 0.15) is 31.9 Å². The summed E-state index contributed by atoms with van der Waals surface area (Å²) in [5.41, 5.74) is 8.49. The Balaban J connectivity index is 1.53. The van der Waals surface area contributed by atoms with Crippen molar-refractivity contribution in [3.05, 3.63) is 72.1 Å². The number of carbonyl (C=O) groups is 5. The van der Waals surface area contributed by atoms with Gasteiger partial charge in [0, 0.05) is 47.0 Å². The first-order valence-electron chi connectivity index (χ1n) is 14.7. The lowest BCUT2D eigenvalue weighted by Crippen LogP contribution is -2.58. The summed E-state index contributed by atoms with van der Waals surface area (Å²) in [6.45, 7) is 4.63. The van der Waals surface area contributed by atoms with E-state index in [4.69, 9.17) is 5.73 Å². The van der Waals surface area contributed by atoms with Crippen LogP contribution in [0.4, 0.5) is 0 Å². The standard InChI is InChI=1S/C32H39N7O6/c1-17(2)28(39-27(40)14-33)31(43)36-18(3)29(41)37-25(12-19-15-34-23-10-6-4-8-21(19)23)30(42)38-26(32(44)45)13-20-16-35-24-11-7-5-9-22(20)24/h4-11,15-18,25-26,28,34-35H,12-14,33H2,1-3H3,(H,36,43)(H,37,41)(H,38,42)(H,39,40)(H,44,45)/t18-,25-,26-,28-/m0/s1. The summed E-state index contributed by atoms with van der Waals surface area (Å²) < 4.78 is 0. The molecule has 0 saturated heterocycles. The van der Waals surface area contributed by atoms with Gasteiger partial charge < -0.3 is 42.1 Å². The quantitative estimate of drug-likeness (QED) is 0.103. The minimum Gasteiger partial charge on any atom is -0.480 e. The number of hydrogen-bond donors (Lipinski definition) is 8. The number of benzene rings is 2. The summed E-state index contributed by atoms with van der Waals surface area (Å²) in [5.74, 6) is -3.99. The fourth-order valence-corrected chi connectivity index (χ4v) is 5.16. The zero-order chi connectivity index (χ0) is 32.7. The van der Waals surface area contributed by atoms with Crippen LogP contribution in [-0.2, 0) is 36.8 Å². The zero-order valence-electron chi connectivity index (χ0n) is 25.3. The summed E-state index contributed by atoms with van der Waals surface area (Å²) in [5, 5.41) is 22.1. The van der Waals surface area contributed by atoms with Gasteiger partial charge in [0.05, 0.1) is 6.54 Å². The highest BCUT2D eigenvalue weighted by Crippen LogP contribution is 2.21. The van der Waals surface area contributed by atoms with E-state index in [1.54, 1.807) is 26.2 Å². The Morgan fingerprint density at radius 1 is 0.711 bits per heavy atom. The molecule has 0 unspecified atom stereocenters. The molecular weight excluding hydrogens is 578 g/mol. The Hall–Kier alpha value is -5.17. The van der Waals surface area contributed by atoms with Crippen LogP contribution in [0.3, 0.4) is 0 Å². The number of aromatic amines is 2. The highest BCUT2D eigenvalue weighted by atomic mass is 16.4. The molecule has 0 spiro atoms. The molecule has 13 heteroatoms. The predicted octanol–water partition coefficient (Wildman–Crippen LogP) is 1.09. The summed E-state index contributed by atoms with van der Waals surface area (Å²) in [7, 11) is 0. The number of carboxylic acid groups (broad SMARTS) is 1. The molecule has 4 aromatic rings. The number of para-hydroxylation sites is 2. The second-order valence-corrected chi connectivity index (χ2v) is 11.3. The maximum atomic E-state index is 13.7. The van der Waals surface area contributed by atoms with Gasteiger partial charge in [0.25, 0.3) is 0 Å². The molecule has 4 rings (SSSR count). The average Bonchev–Trinajstić information content (AvgIpc) is 3.62. The van der Waals surface area contributed by atoms with E-state index in [0.29, 0.717) is 5.56 Å². The normalized spacial score (nSPS) is 14.0. The van der Waals surface area contributed by atoms with Crippen LogP contribution in [-0.4, -0.2) is 75.4 Å². The van der Waals surface area contributed by atoms with Crippen molar-refractivity contribution in [2.75, 3.05) is 6.54 Å². The largest absolute Gasteiger partial charge is 0.480 e. The smallest absolute Gasteiger partial charge is 0.326 e. The van der Waals surface area contributed by atoms with Gasteiger partial charge in [0.1, 0.15) is 24.2 Å². The number of hydrogen-bond acceptors (Lipinski definition) is 6. The number of nitrogens with two attached hydrogens (primary N) is 1. The molecule has 0 fully saturated rings. The molecule has 0 aliphatic carbocycles. The molecular formula is C32H39N7O6. The van der Waals surface area contributed by atoms with E-state index < -0.39 is 53.8 Å². The molecule has 2 aromatic heterocycles. The first-order valence-corrected chi connectivity index (χ1v) is 14.7. The highest BCUT2D eigenvalue weighted by Gasteiger charge is 2.31. The second-order valence-electron chi connectivity index (χ2n) is 11.3. The molecule has 45 heavy (non-hydrogen) atoms. The number of aliphatic carboxylic acids is 1. The fourth-order valence-electron chi connectivity index (χ4n) is 5.16. The monoisotopic (exact) mass is 617 g/mol. The maximum Gasteiger partial charge on any atom is 0.326 e. The number of rotatable bonds is 14. The Bertz CT molecular complexity index is 1690. The van der Waals surface area contributed by atoms with Gasteiger partial charge in [-0.2, -0.15) is 0 Å². The summed E-state index contributed by atoms with van der Waals surface area (Å²) in [6.07, 6.45) is 3.50. The summed E-state index contributed by atoms with van der Waals surface area (Å²) in [4.78, 5) is 70.3. The number of carboxylic acids is 1. The van der Waals surface area contributed by atoms with Crippen LogP contribution in [0.5, 0.6) is 0 Å². The van der Waals surface area contributed by atoms with Gasteiger partial charge in [-0.3, -0.25) is 19.2 Å². The predicted molar refractivity (Wildman–Crippen MR) is 169 cm³/mol. The van der Waals surface area contributed by atoms with E-state index in [9.17, 15) is 29.1 Å². The Labute approximate surface area is 259 Å². The number of fused-ring (bicyclic) bond motifs is 2. The first-order chi connectivity index (χ1) is 21.5. The van der Waals surface area contributed by atoms with E-state index in [2.05, 4.69) is 31.2 Å². The molecule has 2 aromatic carbocycles.